The van der Waals surface area contributed by atoms with Crippen molar-refractivity contribution < 1.29 is 4.39 Å². The molecule has 0 radical (unpaired) electrons. The topological polar surface area (TPSA) is 3.24 Å². The first-order chi connectivity index (χ1) is 5.56. The highest BCUT2D eigenvalue weighted by atomic mass is 19.1. The first kappa shape index (κ1) is 11.9. The molecule has 74 valence electrons. The van der Waals surface area contributed by atoms with Gasteiger partial charge in [0, 0.05) is 13.1 Å². The van der Waals surface area contributed by atoms with Crippen LogP contribution in [-0.4, -0.2) is 31.2 Å². The monoisotopic (exact) mass is 175 g/mol. The molecule has 0 bridgehead atoms. The van der Waals surface area contributed by atoms with Gasteiger partial charge in [-0.15, -0.1) is 0 Å². The molecule has 0 N–H and O–H groups in total. The Balaban J connectivity index is 0.000000217. The van der Waals surface area contributed by atoms with Gasteiger partial charge >= 0.3 is 0 Å². The van der Waals surface area contributed by atoms with Crippen LogP contribution in [0.4, 0.5) is 4.39 Å². The molecule has 0 saturated carbocycles. The summed E-state index contributed by atoms with van der Waals surface area (Å²) in [6.07, 6.45) is 1.49. The van der Waals surface area contributed by atoms with Gasteiger partial charge in [-0.05, 0) is 19.4 Å². The number of alkyl halides is 1. The van der Waals surface area contributed by atoms with Gasteiger partial charge in [0.1, 0.15) is 6.17 Å². The fraction of sp³-hybridized carbons (Fsp3) is 1.00. The van der Waals surface area contributed by atoms with Crippen molar-refractivity contribution in [3.05, 3.63) is 0 Å². The van der Waals surface area contributed by atoms with Crippen molar-refractivity contribution in [3.8, 4) is 0 Å². The summed E-state index contributed by atoms with van der Waals surface area (Å²) in [4.78, 5) is 2.00. The Hall–Kier alpha value is -0.110. The predicted octanol–water partition coefficient (Wildman–Crippen LogP) is 2.71. The number of hydrogen-bond acceptors (Lipinski definition) is 1. The Morgan fingerprint density at radius 3 is 2.08 bits per heavy atom. The summed E-state index contributed by atoms with van der Waals surface area (Å²) in [7, 11) is 1.94. The molecule has 1 saturated heterocycles. The van der Waals surface area contributed by atoms with E-state index in [0.29, 0.717) is 6.54 Å². The van der Waals surface area contributed by atoms with Gasteiger partial charge in [0.15, 0.2) is 0 Å². The van der Waals surface area contributed by atoms with Crippen molar-refractivity contribution >= 4 is 0 Å². The summed E-state index contributed by atoms with van der Waals surface area (Å²) < 4.78 is 12.1. The van der Waals surface area contributed by atoms with Gasteiger partial charge in [-0.1, -0.05) is 27.2 Å². The molecule has 1 heterocycles. The molecular formula is C10H22FN. The third-order valence-electron chi connectivity index (χ3n) is 2.15. The standard InChI is InChI=1S/C5H10FN.C5H12/c1-7-3-2-5(6)4-7;1-4-5(2)3/h5H,2-4H2,1H3;5H,4H2,1-3H3. The summed E-state index contributed by atoms with van der Waals surface area (Å²) in [5.74, 6) is 0.884. The van der Waals surface area contributed by atoms with Crippen molar-refractivity contribution in [1.29, 1.82) is 0 Å². The van der Waals surface area contributed by atoms with Crippen LogP contribution in [0.5, 0.6) is 0 Å². The van der Waals surface area contributed by atoms with E-state index in [1.165, 1.54) is 6.42 Å². The van der Waals surface area contributed by atoms with Crippen LogP contribution in [0.2, 0.25) is 0 Å². The highest BCUT2D eigenvalue weighted by Gasteiger charge is 2.17. The van der Waals surface area contributed by atoms with E-state index < -0.39 is 6.17 Å². The van der Waals surface area contributed by atoms with Crippen LogP contribution in [-0.2, 0) is 0 Å². The van der Waals surface area contributed by atoms with E-state index in [1.807, 2.05) is 11.9 Å². The van der Waals surface area contributed by atoms with E-state index in [4.69, 9.17) is 0 Å². The Labute approximate surface area is 75.9 Å². The molecule has 2 heteroatoms. The molecule has 1 unspecified atom stereocenters. The highest BCUT2D eigenvalue weighted by Crippen LogP contribution is 2.08. The molecule has 1 aliphatic heterocycles. The first-order valence-electron chi connectivity index (χ1n) is 4.88. The zero-order valence-electron chi connectivity index (χ0n) is 8.81. The number of halogens is 1. The van der Waals surface area contributed by atoms with Gasteiger partial charge in [-0.3, -0.25) is 0 Å². The number of likely N-dealkylation sites (tertiary alicyclic amines) is 1. The fourth-order valence-corrected chi connectivity index (χ4v) is 0.881. The molecule has 0 aromatic heterocycles. The van der Waals surface area contributed by atoms with Gasteiger partial charge < -0.3 is 4.90 Å². The molecule has 1 atom stereocenters. The lowest BCUT2D eigenvalue weighted by Gasteiger charge is -2.01. The summed E-state index contributed by atoms with van der Waals surface area (Å²) in [5.41, 5.74) is 0. The maximum atomic E-state index is 12.1. The number of rotatable bonds is 1. The summed E-state index contributed by atoms with van der Waals surface area (Å²) in [5, 5.41) is 0. The van der Waals surface area contributed by atoms with Gasteiger partial charge in [0.05, 0.1) is 0 Å². The Morgan fingerprint density at radius 1 is 1.50 bits per heavy atom. The molecule has 0 aromatic carbocycles. The molecule has 1 aliphatic rings. The first-order valence-corrected chi connectivity index (χ1v) is 4.88. The second kappa shape index (κ2) is 6.41. The lowest BCUT2D eigenvalue weighted by Crippen LogP contribution is -2.13. The molecule has 0 aromatic rings. The predicted molar refractivity (Wildman–Crippen MR) is 52.1 cm³/mol. The van der Waals surface area contributed by atoms with Crippen LogP contribution in [0.1, 0.15) is 33.6 Å². The highest BCUT2D eigenvalue weighted by molar-refractivity contribution is 4.70. The van der Waals surface area contributed by atoms with E-state index in [2.05, 4.69) is 20.8 Å². The zero-order chi connectivity index (χ0) is 9.56. The van der Waals surface area contributed by atoms with Gasteiger partial charge in [0.2, 0.25) is 0 Å². The second-order valence-corrected chi connectivity index (χ2v) is 3.95. The number of nitrogens with zero attached hydrogens (tertiary/aromatic N) is 1. The van der Waals surface area contributed by atoms with Crippen LogP contribution in [0.15, 0.2) is 0 Å². The fourth-order valence-electron chi connectivity index (χ4n) is 0.881. The lowest BCUT2D eigenvalue weighted by atomic mass is 10.2. The van der Waals surface area contributed by atoms with Crippen LogP contribution < -0.4 is 0 Å². The van der Waals surface area contributed by atoms with Crippen molar-refractivity contribution in [1.82, 2.24) is 4.90 Å². The van der Waals surface area contributed by atoms with E-state index in [-0.39, 0.29) is 0 Å². The average Bonchev–Trinajstić information content (AvgIpc) is 2.36. The van der Waals surface area contributed by atoms with Gasteiger partial charge in [-0.2, -0.15) is 0 Å². The van der Waals surface area contributed by atoms with E-state index >= 15 is 0 Å². The van der Waals surface area contributed by atoms with Crippen LogP contribution in [0.3, 0.4) is 0 Å². The maximum absolute atomic E-state index is 12.1. The maximum Gasteiger partial charge on any atom is 0.114 e. The molecule has 12 heavy (non-hydrogen) atoms. The zero-order valence-corrected chi connectivity index (χ0v) is 8.81. The summed E-state index contributed by atoms with van der Waals surface area (Å²) >= 11 is 0. The van der Waals surface area contributed by atoms with E-state index in [1.54, 1.807) is 0 Å². The molecule has 1 fully saturated rings. The van der Waals surface area contributed by atoms with Gasteiger partial charge in [-0.25, -0.2) is 4.39 Å². The third kappa shape index (κ3) is 6.59. The summed E-state index contributed by atoms with van der Waals surface area (Å²) in [6.45, 7) is 8.21. The molecular weight excluding hydrogens is 153 g/mol. The Morgan fingerprint density at radius 2 is 2.00 bits per heavy atom. The van der Waals surface area contributed by atoms with Crippen molar-refractivity contribution in [2.75, 3.05) is 20.1 Å². The Kier molecular flexibility index (Phi) is 6.35. The van der Waals surface area contributed by atoms with Crippen LogP contribution in [0, 0.1) is 5.92 Å². The van der Waals surface area contributed by atoms with Gasteiger partial charge in [0.25, 0.3) is 0 Å². The van der Waals surface area contributed by atoms with Crippen molar-refractivity contribution in [2.45, 2.75) is 39.8 Å². The van der Waals surface area contributed by atoms with Crippen molar-refractivity contribution in [3.63, 3.8) is 0 Å². The van der Waals surface area contributed by atoms with Crippen molar-refractivity contribution in [2.24, 2.45) is 5.92 Å². The Bertz CT molecular complexity index is 96.0. The lowest BCUT2D eigenvalue weighted by molar-refractivity contribution is 0.321. The van der Waals surface area contributed by atoms with Crippen LogP contribution in [0.25, 0.3) is 0 Å². The summed E-state index contributed by atoms with van der Waals surface area (Å²) in [6, 6.07) is 0. The normalized spacial score (nSPS) is 24.0. The molecule has 0 amide bonds. The van der Waals surface area contributed by atoms with Crippen LogP contribution >= 0.6 is 0 Å². The van der Waals surface area contributed by atoms with E-state index in [0.717, 1.165) is 18.9 Å². The minimum atomic E-state index is -0.551. The minimum absolute atomic E-state index is 0.551. The SMILES string of the molecule is CCC(C)C.CN1CCC(F)C1. The largest absolute Gasteiger partial charge is 0.303 e. The molecule has 0 aliphatic carbocycles. The number of hydrogen-bond donors (Lipinski definition) is 0. The smallest absolute Gasteiger partial charge is 0.114 e. The molecule has 0 spiro atoms. The third-order valence-corrected chi connectivity index (χ3v) is 2.15. The van der Waals surface area contributed by atoms with E-state index in [9.17, 15) is 4.39 Å². The average molecular weight is 175 g/mol. The molecule has 1 rings (SSSR count). The second-order valence-electron chi connectivity index (χ2n) is 3.95. The minimum Gasteiger partial charge on any atom is -0.303 e. The molecule has 1 nitrogen and oxygen atoms in total. The quantitative estimate of drug-likeness (QED) is 0.592.